The summed E-state index contributed by atoms with van der Waals surface area (Å²) in [5.74, 6) is -0.389. The van der Waals surface area contributed by atoms with Crippen LogP contribution in [0.5, 0.6) is 0 Å². The predicted molar refractivity (Wildman–Crippen MR) is 50.0 cm³/mol. The van der Waals surface area contributed by atoms with Gasteiger partial charge in [-0.25, -0.2) is 9.37 Å². The summed E-state index contributed by atoms with van der Waals surface area (Å²) in [4.78, 5) is 6.81. The van der Waals surface area contributed by atoms with Gasteiger partial charge in [-0.2, -0.15) is 0 Å². The van der Waals surface area contributed by atoms with Crippen LogP contribution in [0.4, 0.5) is 4.39 Å². The third-order valence-electron chi connectivity index (χ3n) is 2.03. The Morgan fingerprint density at radius 2 is 2.36 bits per heavy atom. The molecule has 0 amide bonds. The first-order chi connectivity index (χ1) is 6.72. The lowest BCUT2D eigenvalue weighted by atomic mass is 10.1. The zero-order chi connectivity index (χ0) is 10.1. The molecule has 0 saturated heterocycles. The number of hydrogen-bond acceptors (Lipinski definition) is 3. The Balaban J connectivity index is 2.79. The number of aromatic nitrogens is 2. The molecule has 2 N–H and O–H groups in total. The van der Waals surface area contributed by atoms with Gasteiger partial charge >= 0.3 is 0 Å². The molecule has 2 rings (SSSR count). The Hall–Kier alpha value is -1.91. The van der Waals surface area contributed by atoms with E-state index in [2.05, 4.69) is 15.1 Å². The van der Waals surface area contributed by atoms with Gasteiger partial charge in [0.1, 0.15) is 5.82 Å². The first-order valence-electron chi connectivity index (χ1n) is 4.04. The van der Waals surface area contributed by atoms with Crippen molar-refractivity contribution in [2.45, 2.75) is 6.92 Å². The van der Waals surface area contributed by atoms with Crippen molar-refractivity contribution in [2.24, 2.45) is 5.16 Å². The van der Waals surface area contributed by atoms with E-state index < -0.39 is 0 Å². The minimum atomic E-state index is -0.389. The number of benzene rings is 1. The van der Waals surface area contributed by atoms with Gasteiger partial charge in [0.2, 0.25) is 0 Å². The highest BCUT2D eigenvalue weighted by molar-refractivity contribution is 6.07. The minimum Gasteiger partial charge on any atom is -0.411 e. The lowest BCUT2D eigenvalue weighted by Gasteiger charge is -1.99. The predicted octanol–water partition coefficient (Wildman–Crippen LogP) is 1.90. The van der Waals surface area contributed by atoms with E-state index in [1.54, 1.807) is 6.92 Å². The normalized spacial score (nSPS) is 12.3. The summed E-state index contributed by atoms with van der Waals surface area (Å²) in [5, 5.41) is 11.6. The average molecular weight is 193 g/mol. The van der Waals surface area contributed by atoms with E-state index >= 15 is 0 Å². The van der Waals surface area contributed by atoms with Gasteiger partial charge in [0.05, 0.1) is 23.1 Å². The first-order valence-corrected chi connectivity index (χ1v) is 4.04. The molecule has 0 fully saturated rings. The van der Waals surface area contributed by atoms with E-state index in [4.69, 9.17) is 5.21 Å². The second-order valence-corrected chi connectivity index (χ2v) is 2.94. The molecule has 0 bridgehead atoms. The van der Waals surface area contributed by atoms with Crippen molar-refractivity contribution in [1.29, 1.82) is 0 Å². The van der Waals surface area contributed by atoms with E-state index in [9.17, 15) is 4.39 Å². The van der Waals surface area contributed by atoms with Crippen LogP contribution in [0.2, 0.25) is 0 Å². The zero-order valence-electron chi connectivity index (χ0n) is 7.45. The number of nitrogens with one attached hydrogen (secondary N) is 1. The standard InChI is InChI=1S/C9H8FN3O/c1-5(13-14)7-2-6(10)3-8-9(7)12-4-11-8/h2-4,14H,1H3,(H,11,12)/b13-5+. The monoisotopic (exact) mass is 193 g/mol. The molecule has 0 atom stereocenters. The van der Waals surface area contributed by atoms with Gasteiger partial charge < -0.3 is 10.2 Å². The molecule has 0 radical (unpaired) electrons. The van der Waals surface area contributed by atoms with Crippen LogP contribution in [0.3, 0.4) is 0 Å². The van der Waals surface area contributed by atoms with Crippen LogP contribution in [0, 0.1) is 5.82 Å². The lowest BCUT2D eigenvalue weighted by molar-refractivity contribution is 0.319. The summed E-state index contributed by atoms with van der Waals surface area (Å²) in [7, 11) is 0. The quantitative estimate of drug-likeness (QED) is 0.412. The van der Waals surface area contributed by atoms with Gasteiger partial charge in [0.25, 0.3) is 0 Å². The van der Waals surface area contributed by atoms with Gasteiger partial charge in [-0.1, -0.05) is 5.16 Å². The van der Waals surface area contributed by atoms with Crippen molar-refractivity contribution >= 4 is 16.7 Å². The molecule has 1 aromatic heterocycles. The number of imidazole rings is 1. The van der Waals surface area contributed by atoms with Crippen LogP contribution in [0.25, 0.3) is 11.0 Å². The van der Waals surface area contributed by atoms with Crippen LogP contribution in [-0.2, 0) is 0 Å². The number of halogens is 1. The van der Waals surface area contributed by atoms with Crippen molar-refractivity contribution in [1.82, 2.24) is 9.97 Å². The number of nitrogens with zero attached hydrogens (tertiary/aromatic N) is 2. The average Bonchev–Trinajstić information content (AvgIpc) is 2.62. The molecule has 0 unspecified atom stereocenters. The smallest absolute Gasteiger partial charge is 0.126 e. The van der Waals surface area contributed by atoms with Crippen molar-refractivity contribution in [2.75, 3.05) is 0 Å². The minimum absolute atomic E-state index is 0.335. The fraction of sp³-hybridized carbons (Fsp3) is 0.111. The van der Waals surface area contributed by atoms with Crippen molar-refractivity contribution in [3.05, 3.63) is 29.8 Å². The number of H-pyrrole nitrogens is 1. The zero-order valence-corrected chi connectivity index (χ0v) is 7.45. The largest absolute Gasteiger partial charge is 0.411 e. The number of fused-ring (bicyclic) bond motifs is 1. The summed E-state index contributed by atoms with van der Waals surface area (Å²) in [6, 6.07) is 2.63. The van der Waals surface area contributed by atoms with Gasteiger partial charge in [0.15, 0.2) is 0 Å². The van der Waals surface area contributed by atoms with E-state index in [1.807, 2.05) is 0 Å². The topological polar surface area (TPSA) is 61.3 Å². The summed E-state index contributed by atoms with van der Waals surface area (Å²) in [6.07, 6.45) is 1.47. The maximum Gasteiger partial charge on any atom is 0.126 e. The van der Waals surface area contributed by atoms with Crippen LogP contribution < -0.4 is 0 Å². The van der Waals surface area contributed by atoms with Crippen LogP contribution >= 0.6 is 0 Å². The maximum atomic E-state index is 13.1. The molecule has 5 heteroatoms. The summed E-state index contributed by atoms with van der Waals surface area (Å²) in [6.45, 7) is 1.59. The molecule has 0 saturated carbocycles. The molecular weight excluding hydrogens is 185 g/mol. The Kier molecular flexibility index (Phi) is 1.92. The van der Waals surface area contributed by atoms with Gasteiger partial charge in [0, 0.05) is 5.56 Å². The second kappa shape index (κ2) is 3.10. The van der Waals surface area contributed by atoms with Crippen LogP contribution in [0.1, 0.15) is 12.5 Å². The second-order valence-electron chi connectivity index (χ2n) is 2.94. The molecule has 14 heavy (non-hydrogen) atoms. The molecule has 0 spiro atoms. The third-order valence-corrected chi connectivity index (χ3v) is 2.03. The molecule has 0 aliphatic heterocycles. The number of oxime groups is 1. The Labute approximate surface area is 79.1 Å². The highest BCUT2D eigenvalue weighted by Gasteiger charge is 2.09. The van der Waals surface area contributed by atoms with Crippen molar-refractivity contribution < 1.29 is 9.60 Å². The maximum absolute atomic E-state index is 13.1. The molecular formula is C9H8FN3O. The van der Waals surface area contributed by atoms with E-state index in [1.165, 1.54) is 18.5 Å². The van der Waals surface area contributed by atoms with Crippen molar-refractivity contribution in [3.63, 3.8) is 0 Å². The molecule has 2 aromatic rings. The van der Waals surface area contributed by atoms with Gasteiger partial charge in [-0.05, 0) is 19.1 Å². The Morgan fingerprint density at radius 1 is 1.57 bits per heavy atom. The van der Waals surface area contributed by atoms with Gasteiger partial charge in [-0.15, -0.1) is 0 Å². The molecule has 72 valence electrons. The van der Waals surface area contributed by atoms with E-state index in [-0.39, 0.29) is 5.82 Å². The molecule has 0 aliphatic rings. The number of hydrogen-bond donors (Lipinski definition) is 2. The van der Waals surface area contributed by atoms with Gasteiger partial charge in [-0.3, -0.25) is 0 Å². The highest BCUT2D eigenvalue weighted by Crippen LogP contribution is 2.17. The summed E-state index contributed by atoms with van der Waals surface area (Å²) >= 11 is 0. The van der Waals surface area contributed by atoms with E-state index in [0.29, 0.717) is 22.3 Å². The SMILES string of the molecule is C/C(=N\O)c1cc(F)cc2[nH]cnc12. The number of rotatable bonds is 1. The molecule has 0 aliphatic carbocycles. The lowest BCUT2D eigenvalue weighted by Crippen LogP contribution is -1.97. The van der Waals surface area contributed by atoms with Crippen LogP contribution in [-0.4, -0.2) is 20.9 Å². The Bertz CT molecular complexity index is 504. The highest BCUT2D eigenvalue weighted by atomic mass is 19.1. The van der Waals surface area contributed by atoms with E-state index in [0.717, 1.165) is 0 Å². The van der Waals surface area contributed by atoms with Crippen LogP contribution in [0.15, 0.2) is 23.6 Å². The fourth-order valence-electron chi connectivity index (χ4n) is 1.34. The molecule has 1 aromatic carbocycles. The van der Waals surface area contributed by atoms with Crippen molar-refractivity contribution in [3.8, 4) is 0 Å². The third kappa shape index (κ3) is 1.22. The Morgan fingerprint density at radius 3 is 3.07 bits per heavy atom. The molecule has 1 heterocycles. The first kappa shape index (κ1) is 8.68. The molecule has 4 nitrogen and oxygen atoms in total. The summed E-state index contributed by atoms with van der Waals surface area (Å²) in [5.41, 5.74) is 2.01. The number of aromatic amines is 1. The fourth-order valence-corrected chi connectivity index (χ4v) is 1.34. The summed E-state index contributed by atoms with van der Waals surface area (Å²) < 4.78 is 13.1.